The molecule has 0 unspecified atom stereocenters. The third-order valence-electron chi connectivity index (χ3n) is 4.56. The van der Waals surface area contributed by atoms with Gasteiger partial charge < -0.3 is 0 Å². The summed E-state index contributed by atoms with van der Waals surface area (Å²) in [6, 6.07) is 30.3. The van der Waals surface area contributed by atoms with Crippen molar-refractivity contribution in [2.75, 3.05) is 0 Å². The lowest BCUT2D eigenvalue weighted by Crippen LogP contribution is -2.01. The Bertz CT molecular complexity index is 1250. The maximum Gasteiger partial charge on any atom is 0.253 e. The number of rotatable bonds is 3. The monoisotopic (exact) mass is 426 g/mol. The molecule has 4 nitrogen and oxygen atoms in total. The van der Waals surface area contributed by atoms with Crippen molar-refractivity contribution in [3.05, 3.63) is 95.6 Å². The summed E-state index contributed by atoms with van der Waals surface area (Å²) >= 11 is 3.67. The molecule has 28 heavy (non-hydrogen) atoms. The summed E-state index contributed by atoms with van der Waals surface area (Å²) in [5, 5.41) is 4.91. The molecule has 0 aliphatic carbocycles. The minimum Gasteiger partial charge on any atom is -0.209 e. The van der Waals surface area contributed by atoms with Crippen molar-refractivity contribution in [3.63, 3.8) is 0 Å². The van der Waals surface area contributed by atoms with Crippen molar-refractivity contribution < 1.29 is 0 Å². The van der Waals surface area contributed by atoms with Crippen LogP contribution >= 0.6 is 15.9 Å². The van der Waals surface area contributed by atoms with Gasteiger partial charge >= 0.3 is 0 Å². The SMILES string of the molecule is Brc1c(-c2ccccc2)nc2nc(-c3ccccc3)c(-c3ccccc3)nn12. The van der Waals surface area contributed by atoms with Gasteiger partial charge in [0.2, 0.25) is 0 Å². The molecule has 0 atom stereocenters. The van der Waals surface area contributed by atoms with Gasteiger partial charge in [0.15, 0.2) is 0 Å². The first-order valence-electron chi connectivity index (χ1n) is 8.94. The largest absolute Gasteiger partial charge is 0.253 e. The molecule has 3 aromatic carbocycles. The Morgan fingerprint density at radius 2 is 0.964 bits per heavy atom. The molecule has 134 valence electrons. The van der Waals surface area contributed by atoms with Gasteiger partial charge in [-0.05, 0) is 15.9 Å². The zero-order chi connectivity index (χ0) is 18.9. The molecule has 0 spiro atoms. The first-order chi connectivity index (χ1) is 13.8. The summed E-state index contributed by atoms with van der Waals surface area (Å²) in [6.07, 6.45) is 0. The predicted molar refractivity (Wildman–Crippen MR) is 115 cm³/mol. The number of nitrogens with zero attached hydrogens (tertiary/aromatic N) is 4. The van der Waals surface area contributed by atoms with E-state index >= 15 is 0 Å². The maximum atomic E-state index is 4.91. The smallest absolute Gasteiger partial charge is 0.209 e. The zero-order valence-electron chi connectivity index (χ0n) is 14.8. The third kappa shape index (κ3) is 2.90. The van der Waals surface area contributed by atoms with E-state index in [1.54, 1.807) is 4.52 Å². The molecule has 0 fully saturated rings. The van der Waals surface area contributed by atoms with E-state index in [2.05, 4.69) is 15.9 Å². The van der Waals surface area contributed by atoms with Gasteiger partial charge in [-0.25, -0.2) is 9.97 Å². The Labute approximate surface area is 170 Å². The van der Waals surface area contributed by atoms with E-state index in [0.29, 0.717) is 5.78 Å². The Hall–Kier alpha value is -3.31. The average Bonchev–Trinajstić information content (AvgIpc) is 3.10. The van der Waals surface area contributed by atoms with E-state index < -0.39 is 0 Å². The lowest BCUT2D eigenvalue weighted by atomic mass is 10.0. The lowest BCUT2D eigenvalue weighted by Gasteiger charge is -2.09. The molecule has 0 N–H and O–H groups in total. The van der Waals surface area contributed by atoms with E-state index in [0.717, 1.165) is 38.4 Å². The molecule has 5 rings (SSSR count). The molecule has 0 saturated heterocycles. The Morgan fingerprint density at radius 1 is 0.536 bits per heavy atom. The number of hydrogen-bond donors (Lipinski definition) is 0. The lowest BCUT2D eigenvalue weighted by molar-refractivity contribution is 0.895. The van der Waals surface area contributed by atoms with E-state index in [4.69, 9.17) is 15.1 Å². The zero-order valence-corrected chi connectivity index (χ0v) is 16.4. The van der Waals surface area contributed by atoms with Crippen LogP contribution in [0.15, 0.2) is 95.6 Å². The highest BCUT2D eigenvalue weighted by molar-refractivity contribution is 9.10. The van der Waals surface area contributed by atoms with Crippen LogP contribution in [-0.4, -0.2) is 19.6 Å². The molecule has 0 amide bonds. The van der Waals surface area contributed by atoms with Gasteiger partial charge in [0.25, 0.3) is 5.78 Å². The fourth-order valence-electron chi connectivity index (χ4n) is 3.21. The van der Waals surface area contributed by atoms with Crippen molar-refractivity contribution in [3.8, 4) is 33.8 Å². The van der Waals surface area contributed by atoms with E-state index in [1.807, 2.05) is 91.0 Å². The van der Waals surface area contributed by atoms with Gasteiger partial charge in [0.05, 0.1) is 0 Å². The van der Waals surface area contributed by atoms with Gasteiger partial charge in [0.1, 0.15) is 21.7 Å². The van der Waals surface area contributed by atoms with Crippen molar-refractivity contribution in [2.45, 2.75) is 0 Å². The molecule has 2 heterocycles. The first kappa shape index (κ1) is 16.8. The van der Waals surface area contributed by atoms with Gasteiger partial charge in [-0.3, -0.25) is 0 Å². The van der Waals surface area contributed by atoms with Gasteiger partial charge in [0, 0.05) is 16.7 Å². The van der Waals surface area contributed by atoms with Crippen LogP contribution in [0.4, 0.5) is 0 Å². The second kappa shape index (κ2) is 7.02. The molecule has 0 bridgehead atoms. The standard InChI is InChI=1S/C23H15BrN4/c24-22-21(18-14-8-3-9-15-18)26-23-25-19(16-10-4-1-5-11-16)20(27-28(22)23)17-12-6-2-7-13-17/h1-15H. The fraction of sp³-hybridized carbons (Fsp3) is 0. The molecule has 0 aliphatic rings. The highest BCUT2D eigenvalue weighted by atomic mass is 79.9. The number of aromatic nitrogens is 4. The van der Waals surface area contributed by atoms with Crippen LogP contribution < -0.4 is 0 Å². The summed E-state index contributed by atoms with van der Waals surface area (Å²) in [7, 11) is 0. The van der Waals surface area contributed by atoms with E-state index in [1.165, 1.54) is 0 Å². The second-order valence-electron chi connectivity index (χ2n) is 6.37. The molecule has 2 aromatic heterocycles. The number of hydrogen-bond acceptors (Lipinski definition) is 3. The molecule has 5 aromatic rings. The number of halogens is 1. The van der Waals surface area contributed by atoms with Crippen LogP contribution in [0, 0.1) is 0 Å². The van der Waals surface area contributed by atoms with Gasteiger partial charge in [-0.2, -0.15) is 9.61 Å². The van der Waals surface area contributed by atoms with Crippen LogP contribution in [0.25, 0.3) is 39.5 Å². The van der Waals surface area contributed by atoms with Crippen LogP contribution in [-0.2, 0) is 0 Å². The number of fused-ring (bicyclic) bond motifs is 1. The highest BCUT2D eigenvalue weighted by Gasteiger charge is 2.19. The predicted octanol–water partition coefficient (Wildman–Crippen LogP) is 5.89. The summed E-state index contributed by atoms with van der Waals surface area (Å²) in [5.74, 6) is 0.560. The van der Waals surface area contributed by atoms with Crippen molar-refractivity contribution in [1.29, 1.82) is 0 Å². The van der Waals surface area contributed by atoms with Crippen molar-refractivity contribution in [2.24, 2.45) is 0 Å². The van der Waals surface area contributed by atoms with Crippen molar-refractivity contribution >= 4 is 21.7 Å². The summed E-state index contributed by atoms with van der Waals surface area (Å²) in [6.45, 7) is 0. The Balaban J connectivity index is 1.80. The van der Waals surface area contributed by atoms with Crippen LogP contribution in [0.1, 0.15) is 0 Å². The number of imidazole rings is 1. The minimum absolute atomic E-state index is 0.560. The van der Waals surface area contributed by atoms with Gasteiger partial charge in [-0.1, -0.05) is 91.0 Å². The molecule has 5 heteroatoms. The molecule has 0 radical (unpaired) electrons. The average molecular weight is 427 g/mol. The summed E-state index contributed by atoms with van der Waals surface area (Å²) in [5.41, 5.74) is 5.50. The maximum absolute atomic E-state index is 4.91. The normalized spacial score (nSPS) is 11.0. The third-order valence-corrected chi connectivity index (χ3v) is 5.27. The molecule has 0 saturated carbocycles. The van der Waals surface area contributed by atoms with Crippen molar-refractivity contribution in [1.82, 2.24) is 19.6 Å². The fourth-order valence-corrected chi connectivity index (χ4v) is 3.77. The minimum atomic E-state index is 0.560. The van der Waals surface area contributed by atoms with E-state index in [9.17, 15) is 0 Å². The quantitative estimate of drug-likeness (QED) is 0.361. The Kier molecular flexibility index (Phi) is 4.22. The van der Waals surface area contributed by atoms with Crippen LogP contribution in [0.2, 0.25) is 0 Å². The van der Waals surface area contributed by atoms with Crippen LogP contribution in [0.5, 0.6) is 0 Å². The molecular weight excluding hydrogens is 412 g/mol. The Morgan fingerprint density at radius 3 is 1.50 bits per heavy atom. The van der Waals surface area contributed by atoms with Crippen LogP contribution in [0.3, 0.4) is 0 Å². The summed E-state index contributed by atoms with van der Waals surface area (Å²) < 4.78 is 2.55. The topological polar surface area (TPSA) is 43.1 Å². The second-order valence-corrected chi connectivity index (χ2v) is 7.12. The van der Waals surface area contributed by atoms with E-state index in [-0.39, 0.29) is 0 Å². The molecular formula is C23H15BrN4. The highest BCUT2D eigenvalue weighted by Crippen LogP contribution is 2.32. The number of benzene rings is 3. The summed E-state index contributed by atoms with van der Waals surface area (Å²) in [4.78, 5) is 9.63. The first-order valence-corrected chi connectivity index (χ1v) is 9.73. The van der Waals surface area contributed by atoms with Gasteiger partial charge in [-0.15, -0.1) is 0 Å². The molecule has 0 aliphatic heterocycles.